The van der Waals surface area contributed by atoms with Gasteiger partial charge >= 0.3 is 6.03 Å². The Labute approximate surface area is 193 Å². The molecule has 168 valence electrons. The Morgan fingerprint density at radius 3 is 2.30 bits per heavy atom. The number of oxime groups is 1. The summed E-state index contributed by atoms with van der Waals surface area (Å²) in [6.07, 6.45) is 2.32. The molecule has 2 aliphatic rings. The molecular formula is C27H27N3O3. The molecular weight excluding hydrogens is 414 g/mol. The minimum atomic E-state index is -0.298. The number of amides is 2. The van der Waals surface area contributed by atoms with Crippen molar-refractivity contribution in [2.75, 3.05) is 18.4 Å². The molecule has 6 nitrogen and oxygen atoms in total. The van der Waals surface area contributed by atoms with Crippen LogP contribution in [-0.2, 0) is 4.84 Å². The first-order valence-corrected chi connectivity index (χ1v) is 11.3. The number of carbonyl (C=O) groups is 1. The molecule has 2 heterocycles. The molecule has 0 radical (unpaired) electrons. The van der Waals surface area contributed by atoms with E-state index in [0.717, 1.165) is 47.7 Å². The lowest BCUT2D eigenvalue weighted by atomic mass is 9.85. The van der Waals surface area contributed by atoms with Gasteiger partial charge < -0.3 is 19.8 Å². The Hall–Kier alpha value is -3.80. The Kier molecular flexibility index (Phi) is 5.73. The second-order valence-electron chi connectivity index (χ2n) is 8.71. The molecule has 0 aromatic heterocycles. The fourth-order valence-corrected chi connectivity index (χ4v) is 4.24. The number of benzene rings is 3. The van der Waals surface area contributed by atoms with E-state index in [4.69, 9.17) is 9.57 Å². The third kappa shape index (κ3) is 4.85. The maximum atomic E-state index is 12.8. The molecule has 5 rings (SSSR count). The summed E-state index contributed by atoms with van der Waals surface area (Å²) in [5.41, 5.74) is 3.77. The number of ether oxygens (including phenoxy) is 1. The minimum Gasteiger partial charge on any atom is -0.457 e. The Balaban J connectivity index is 1.12. The Morgan fingerprint density at radius 2 is 1.61 bits per heavy atom. The summed E-state index contributed by atoms with van der Waals surface area (Å²) >= 11 is 0. The van der Waals surface area contributed by atoms with E-state index in [1.165, 1.54) is 5.56 Å². The van der Waals surface area contributed by atoms with Crippen LogP contribution in [0.1, 0.15) is 30.4 Å². The van der Waals surface area contributed by atoms with Gasteiger partial charge in [0, 0.05) is 38.0 Å². The summed E-state index contributed by atoms with van der Waals surface area (Å²) in [5.74, 6) is 1.50. The molecule has 33 heavy (non-hydrogen) atoms. The van der Waals surface area contributed by atoms with Gasteiger partial charge in [-0.2, -0.15) is 0 Å². The molecule has 3 aromatic carbocycles. The average Bonchev–Trinajstić information content (AvgIpc) is 3.25. The summed E-state index contributed by atoms with van der Waals surface area (Å²) in [7, 11) is 0. The fraction of sp³-hybridized carbons (Fsp3) is 0.259. The third-order valence-electron chi connectivity index (χ3n) is 6.27. The maximum absolute atomic E-state index is 12.8. The molecule has 2 aliphatic heterocycles. The van der Waals surface area contributed by atoms with Crippen molar-refractivity contribution in [2.45, 2.75) is 31.8 Å². The smallest absolute Gasteiger partial charge is 0.321 e. The number of anilines is 1. The highest BCUT2D eigenvalue weighted by atomic mass is 16.7. The van der Waals surface area contributed by atoms with Crippen molar-refractivity contribution < 1.29 is 14.4 Å². The van der Waals surface area contributed by atoms with E-state index < -0.39 is 0 Å². The molecule has 0 aliphatic carbocycles. The van der Waals surface area contributed by atoms with E-state index in [1.807, 2.05) is 59.5 Å². The number of rotatable bonds is 4. The van der Waals surface area contributed by atoms with E-state index in [0.29, 0.717) is 13.1 Å². The lowest BCUT2D eigenvalue weighted by molar-refractivity contribution is -0.0544. The number of hydrogen-bond donors (Lipinski definition) is 1. The topological polar surface area (TPSA) is 63.2 Å². The lowest BCUT2D eigenvalue weighted by Crippen LogP contribution is -2.48. The van der Waals surface area contributed by atoms with Gasteiger partial charge in [-0.25, -0.2) is 4.79 Å². The molecule has 6 heteroatoms. The number of para-hydroxylation sites is 1. The molecule has 3 aromatic rings. The van der Waals surface area contributed by atoms with Crippen molar-refractivity contribution in [3.8, 4) is 11.5 Å². The number of aryl methyl sites for hydroxylation is 1. The third-order valence-corrected chi connectivity index (χ3v) is 6.27. The van der Waals surface area contributed by atoms with Gasteiger partial charge in [0.15, 0.2) is 0 Å². The first-order chi connectivity index (χ1) is 16.1. The van der Waals surface area contributed by atoms with E-state index >= 15 is 0 Å². The average molecular weight is 442 g/mol. The van der Waals surface area contributed by atoms with Crippen molar-refractivity contribution in [3.63, 3.8) is 0 Å². The van der Waals surface area contributed by atoms with Crippen LogP contribution in [0.25, 0.3) is 0 Å². The van der Waals surface area contributed by atoms with Crippen molar-refractivity contribution in [2.24, 2.45) is 5.16 Å². The summed E-state index contributed by atoms with van der Waals surface area (Å²) in [4.78, 5) is 20.5. The number of likely N-dealkylation sites (tertiary alicyclic amines) is 1. The van der Waals surface area contributed by atoms with Gasteiger partial charge in [-0.1, -0.05) is 53.2 Å². The number of hydrogen-bond acceptors (Lipinski definition) is 4. The van der Waals surface area contributed by atoms with Gasteiger partial charge in [0.25, 0.3) is 0 Å². The normalized spacial score (nSPS) is 16.8. The first kappa shape index (κ1) is 21.1. The maximum Gasteiger partial charge on any atom is 0.321 e. The molecule has 1 spiro atoms. The van der Waals surface area contributed by atoms with Crippen LogP contribution < -0.4 is 10.1 Å². The second-order valence-corrected chi connectivity index (χ2v) is 8.71. The van der Waals surface area contributed by atoms with Crippen LogP contribution >= 0.6 is 0 Å². The quantitative estimate of drug-likeness (QED) is 0.542. The summed E-state index contributed by atoms with van der Waals surface area (Å²) in [6.45, 7) is 3.35. The monoisotopic (exact) mass is 441 g/mol. The van der Waals surface area contributed by atoms with Crippen LogP contribution in [0, 0.1) is 6.92 Å². The van der Waals surface area contributed by atoms with Gasteiger partial charge in [0.05, 0.1) is 5.71 Å². The van der Waals surface area contributed by atoms with Crippen LogP contribution in [0.15, 0.2) is 84.0 Å². The molecule has 1 saturated heterocycles. The predicted molar refractivity (Wildman–Crippen MR) is 129 cm³/mol. The number of nitrogens with zero attached hydrogens (tertiary/aromatic N) is 2. The highest BCUT2D eigenvalue weighted by Gasteiger charge is 2.43. The standard InChI is InChI=1S/C27H27N3O3/c1-20-7-9-21(10-8-20)25-19-27(33-29-25)15-17-30(18-16-27)26(31)28-22-11-13-24(14-12-22)32-23-5-3-2-4-6-23/h2-14H,15-19H2,1H3,(H,28,31). The molecule has 0 saturated carbocycles. The van der Waals surface area contributed by atoms with Gasteiger partial charge in [0.2, 0.25) is 0 Å². The SMILES string of the molecule is Cc1ccc(C2=NOC3(CCN(C(=O)Nc4ccc(Oc5ccccc5)cc4)CC3)C2)cc1. The lowest BCUT2D eigenvalue weighted by Gasteiger charge is -2.37. The highest BCUT2D eigenvalue weighted by molar-refractivity contribution is 6.01. The van der Waals surface area contributed by atoms with E-state index in [-0.39, 0.29) is 11.6 Å². The summed E-state index contributed by atoms with van der Waals surface area (Å²) in [6, 6.07) is 25.3. The van der Waals surface area contributed by atoms with Crippen molar-refractivity contribution in [1.29, 1.82) is 0 Å². The zero-order valence-electron chi connectivity index (χ0n) is 18.7. The van der Waals surface area contributed by atoms with E-state index in [1.54, 1.807) is 0 Å². The van der Waals surface area contributed by atoms with Gasteiger partial charge in [-0.05, 0) is 48.9 Å². The molecule has 0 bridgehead atoms. The van der Waals surface area contributed by atoms with Crippen LogP contribution in [-0.4, -0.2) is 35.3 Å². The second kappa shape index (κ2) is 8.98. The molecule has 1 fully saturated rings. The fourth-order valence-electron chi connectivity index (χ4n) is 4.24. The first-order valence-electron chi connectivity index (χ1n) is 11.3. The van der Waals surface area contributed by atoms with E-state index in [9.17, 15) is 4.79 Å². The van der Waals surface area contributed by atoms with Crippen molar-refractivity contribution in [1.82, 2.24) is 4.90 Å². The minimum absolute atomic E-state index is 0.0979. The number of piperidine rings is 1. The Morgan fingerprint density at radius 1 is 0.939 bits per heavy atom. The van der Waals surface area contributed by atoms with Crippen LogP contribution in [0.2, 0.25) is 0 Å². The van der Waals surface area contributed by atoms with Gasteiger partial charge in [-0.15, -0.1) is 0 Å². The van der Waals surface area contributed by atoms with Crippen molar-refractivity contribution in [3.05, 3.63) is 90.0 Å². The summed E-state index contributed by atoms with van der Waals surface area (Å²) < 4.78 is 5.81. The highest BCUT2D eigenvalue weighted by Crippen LogP contribution is 2.36. The largest absolute Gasteiger partial charge is 0.457 e. The number of carbonyl (C=O) groups excluding carboxylic acids is 1. The van der Waals surface area contributed by atoms with Gasteiger partial charge in [-0.3, -0.25) is 0 Å². The van der Waals surface area contributed by atoms with Gasteiger partial charge in [0.1, 0.15) is 17.1 Å². The van der Waals surface area contributed by atoms with Crippen LogP contribution in [0.4, 0.5) is 10.5 Å². The van der Waals surface area contributed by atoms with Crippen LogP contribution in [0.5, 0.6) is 11.5 Å². The Bertz CT molecular complexity index is 1130. The predicted octanol–water partition coefficient (Wildman–Crippen LogP) is 5.98. The number of nitrogens with one attached hydrogen (secondary N) is 1. The zero-order valence-corrected chi connectivity index (χ0v) is 18.7. The number of urea groups is 1. The molecule has 0 unspecified atom stereocenters. The van der Waals surface area contributed by atoms with E-state index in [2.05, 4.69) is 41.7 Å². The molecule has 1 N–H and O–H groups in total. The zero-order chi connectivity index (χ0) is 22.7. The van der Waals surface area contributed by atoms with Crippen LogP contribution in [0.3, 0.4) is 0 Å². The summed E-state index contributed by atoms with van der Waals surface area (Å²) in [5, 5.41) is 7.36. The molecule has 0 atom stereocenters. The van der Waals surface area contributed by atoms with Crippen molar-refractivity contribution >= 4 is 17.4 Å². The molecule has 2 amide bonds.